The Labute approximate surface area is 233 Å². The lowest BCUT2D eigenvalue weighted by Crippen LogP contribution is -2.18. The number of anilines is 2. The number of fused-ring (bicyclic) bond motifs is 1. The van der Waals surface area contributed by atoms with Gasteiger partial charge in [-0.1, -0.05) is 6.07 Å². The van der Waals surface area contributed by atoms with Gasteiger partial charge in [-0.15, -0.1) is 0 Å². The molecule has 0 saturated heterocycles. The van der Waals surface area contributed by atoms with Gasteiger partial charge in [-0.3, -0.25) is 19.4 Å². The van der Waals surface area contributed by atoms with Crippen molar-refractivity contribution in [2.45, 2.75) is 4.90 Å². The van der Waals surface area contributed by atoms with Crippen LogP contribution in [0.25, 0.3) is 22.0 Å². The summed E-state index contributed by atoms with van der Waals surface area (Å²) in [7, 11) is -2.14. The number of benzene rings is 2. The van der Waals surface area contributed by atoms with Gasteiger partial charge in [0.15, 0.2) is 16.5 Å². The molecular formula is C26H18F4N6O5S. The zero-order chi connectivity index (χ0) is 30.3. The van der Waals surface area contributed by atoms with E-state index in [9.17, 15) is 26.8 Å². The number of methoxy groups -OCH3 is 1. The number of pyridine rings is 2. The summed E-state index contributed by atoms with van der Waals surface area (Å²) in [6.07, 6.45) is 2.08. The number of halogens is 4. The molecule has 11 nitrogen and oxygen atoms in total. The molecule has 16 heteroatoms. The highest BCUT2D eigenvalue weighted by atomic mass is 32.2. The third kappa shape index (κ3) is 5.03. The maximum absolute atomic E-state index is 15.6. The van der Waals surface area contributed by atoms with Crippen LogP contribution < -0.4 is 20.3 Å². The van der Waals surface area contributed by atoms with Gasteiger partial charge in [-0.05, 0) is 24.3 Å². The zero-order valence-electron chi connectivity index (χ0n) is 21.5. The Morgan fingerprint density at radius 2 is 1.81 bits per heavy atom. The number of H-pyrrole nitrogens is 1. The molecule has 3 heterocycles. The lowest BCUT2D eigenvalue weighted by atomic mass is 10.0. The topological polar surface area (TPSA) is 148 Å². The van der Waals surface area contributed by atoms with E-state index in [1.807, 2.05) is 4.72 Å². The van der Waals surface area contributed by atoms with Gasteiger partial charge < -0.3 is 14.6 Å². The molecule has 0 unspecified atom stereocenters. The van der Waals surface area contributed by atoms with E-state index in [1.165, 1.54) is 36.0 Å². The first-order valence-electron chi connectivity index (χ1n) is 11.8. The summed E-state index contributed by atoms with van der Waals surface area (Å²) in [5.41, 5.74) is -2.99. The fourth-order valence-corrected chi connectivity index (χ4v) is 5.30. The number of nitrogens with one attached hydrogen (secondary N) is 3. The van der Waals surface area contributed by atoms with Crippen LogP contribution in [0.3, 0.4) is 0 Å². The second kappa shape index (κ2) is 10.6. The highest BCUT2D eigenvalue weighted by Gasteiger charge is 2.27. The molecule has 0 saturated carbocycles. The van der Waals surface area contributed by atoms with Gasteiger partial charge in [0.05, 0.1) is 30.2 Å². The van der Waals surface area contributed by atoms with Gasteiger partial charge in [-0.2, -0.15) is 5.10 Å². The van der Waals surface area contributed by atoms with Crippen molar-refractivity contribution >= 4 is 38.2 Å². The fraction of sp³-hybridized carbons (Fsp3) is 0.0769. The minimum atomic E-state index is -4.71. The van der Waals surface area contributed by atoms with Crippen LogP contribution in [-0.4, -0.2) is 41.2 Å². The van der Waals surface area contributed by atoms with Gasteiger partial charge in [-0.25, -0.2) is 31.0 Å². The van der Waals surface area contributed by atoms with E-state index in [-0.39, 0.29) is 22.3 Å². The number of sulfonamides is 1. The van der Waals surface area contributed by atoms with Gasteiger partial charge in [0, 0.05) is 36.3 Å². The third-order valence-corrected chi connectivity index (χ3v) is 7.47. The molecule has 0 fully saturated rings. The number of rotatable bonds is 7. The monoisotopic (exact) mass is 602 g/mol. The Kier molecular flexibility index (Phi) is 7.15. The number of aryl methyl sites for hydroxylation is 1. The van der Waals surface area contributed by atoms with E-state index >= 15 is 8.78 Å². The second-order valence-corrected chi connectivity index (χ2v) is 10.4. The van der Waals surface area contributed by atoms with Crippen LogP contribution in [0, 0.1) is 23.3 Å². The summed E-state index contributed by atoms with van der Waals surface area (Å²) < 4.78 is 93.5. The maximum atomic E-state index is 15.6. The van der Waals surface area contributed by atoms with Crippen molar-refractivity contribution in [3.63, 3.8) is 0 Å². The Hall–Kier alpha value is -5.25. The Morgan fingerprint density at radius 3 is 2.52 bits per heavy atom. The summed E-state index contributed by atoms with van der Waals surface area (Å²) in [6, 6.07) is 6.85. The van der Waals surface area contributed by atoms with E-state index in [2.05, 4.69) is 20.5 Å². The number of aromatic nitrogens is 4. The van der Waals surface area contributed by atoms with Gasteiger partial charge in [0.25, 0.3) is 15.9 Å². The number of carbonyl (C=O) groups excluding carboxylic acids is 1. The summed E-state index contributed by atoms with van der Waals surface area (Å²) in [6.45, 7) is 0. The predicted octanol–water partition coefficient (Wildman–Crippen LogP) is 3.94. The Morgan fingerprint density at radius 1 is 1.05 bits per heavy atom. The van der Waals surface area contributed by atoms with Gasteiger partial charge in [0.2, 0.25) is 11.4 Å². The molecule has 5 aromatic rings. The molecule has 0 atom stereocenters. The average molecular weight is 603 g/mol. The first-order valence-corrected chi connectivity index (χ1v) is 13.2. The summed E-state index contributed by atoms with van der Waals surface area (Å²) >= 11 is 0. The van der Waals surface area contributed by atoms with Crippen molar-refractivity contribution in [3.8, 4) is 17.0 Å². The highest BCUT2D eigenvalue weighted by Crippen LogP contribution is 2.36. The first kappa shape index (κ1) is 28.3. The number of hydrogen-bond acceptors (Lipinski definition) is 7. The molecule has 216 valence electrons. The molecule has 3 N–H and O–H groups in total. The summed E-state index contributed by atoms with van der Waals surface area (Å²) in [4.78, 5) is 27.1. The lowest BCUT2D eigenvalue weighted by molar-refractivity contribution is 0.102. The normalized spacial score (nSPS) is 11.5. The molecule has 2 aromatic carbocycles. The maximum Gasteiger partial charge on any atom is 0.274 e. The van der Waals surface area contributed by atoms with Crippen LogP contribution >= 0.6 is 0 Å². The molecule has 0 aliphatic heterocycles. The Balaban J connectivity index is 1.52. The third-order valence-electron chi connectivity index (χ3n) is 6.11. The number of hydrogen-bond donors (Lipinski definition) is 3. The molecule has 0 aliphatic carbocycles. The number of nitrogens with zero attached hydrogens (tertiary/aromatic N) is 3. The number of carbonyl (C=O) groups is 1. The zero-order valence-corrected chi connectivity index (χ0v) is 22.3. The van der Waals surface area contributed by atoms with Crippen molar-refractivity contribution in [3.05, 3.63) is 94.2 Å². The van der Waals surface area contributed by atoms with Crippen molar-refractivity contribution in [2.75, 3.05) is 17.1 Å². The minimum Gasteiger partial charge on any atom is -0.480 e. The molecule has 3 aromatic heterocycles. The number of amides is 1. The van der Waals surface area contributed by atoms with Crippen LogP contribution in [0.5, 0.6) is 5.88 Å². The van der Waals surface area contributed by atoms with E-state index in [0.717, 1.165) is 19.2 Å². The van der Waals surface area contributed by atoms with Gasteiger partial charge >= 0.3 is 0 Å². The van der Waals surface area contributed by atoms with Crippen LogP contribution in [-0.2, 0) is 17.1 Å². The van der Waals surface area contributed by atoms with E-state index < -0.39 is 72.3 Å². The first-order chi connectivity index (χ1) is 19.9. The highest BCUT2D eigenvalue weighted by molar-refractivity contribution is 7.92. The smallest absolute Gasteiger partial charge is 0.274 e. The standard InChI is InChI=1S/C26H18F4N6O5S/c1-36-11-13(3-8-19(36)37)32-25(38)24-15-5-4-14(21(29)23(15)33-34-24)20-16(28)6-7-17(22(20)30)35-42(39,40)18-9-12(27)10-31-26(18)41-2/h3-11,35H,1-2H3,(H,32,38)(H,33,34). The van der Waals surface area contributed by atoms with E-state index in [0.29, 0.717) is 18.3 Å². The molecule has 0 radical (unpaired) electrons. The van der Waals surface area contributed by atoms with E-state index in [4.69, 9.17) is 4.74 Å². The van der Waals surface area contributed by atoms with Gasteiger partial charge in [0.1, 0.15) is 22.8 Å². The minimum absolute atomic E-state index is 0.0260. The number of ether oxygens (including phenoxy) is 1. The van der Waals surface area contributed by atoms with Crippen LogP contribution in [0.2, 0.25) is 0 Å². The number of aromatic amines is 1. The fourth-order valence-electron chi connectivity index (χ4n) is 4.11. The molecule has 1 amide bonds. The van der Waals surface area contributed by atoms with Crippen LogP contribution in [0.1, 0.15) is 10.5 Å². The largest absolute Gasteiger partial charge is 0.480 e. The van der Waals surface area contributed by atoms with Crippen LogP contribution in [0.4, 0.5) is 28.9 Å². The van der Waals surface area contributed by atoms with Crippen molar-refractivity contribution in [1.82, 2.24) is 19.7 Å². The molecule has 42 heavy (non-hydrogen) atoms. The van der Waals surface area contributed by atoms with E-state index in [1.54, 1.807) is 0 Å². The molecule has 5 rings (SSSR count). The molecular weight excluding hydrogens is 584 g/mol. The predicted molar refractivity (Wildman–Crippen MR) is 143 cm³/mol. The molecule has 0 spiro atoms. The molecule has 0 aliphatic rings. The second-order valence-electron chi connectivity index (χ2n) is 8.79. The van der Waals surface area contributed by atoms with Crippen LogP contribution in [0.15, 0.2) is 64.5 Å². The SMILES string of the molecule is COc1ncc(F)cc1S(=O)(=O)Nc1ccc(F)c(-c2ccc3c(C(=O)Nc4ccc(=O)n(C)c4)[nH]nc3c2F)c1F. The van der Waals surface area contributed by atoms with Crippen molar-refractivity contribution in [1.29, 1.82) is 0 Å². The summed E-state index contributed by atoms with van der Waals surface area (Å²) in [5, 5.41) is 8.67. The average Bonchev–Trinajstić information content (AvgIpc) is 3.39. The quantitative estimate of drug-likeness (QED) is 0.239. The van der Waals surface area contributed by atoms with Crippen molar-refractivity contribution in [2.24, 2.45) is 7.05 Å². The lowest BCUT2D eigenvalue weighted by Gasteiger charge is -2.14. The molecule has 0 bridgehead atoms. The Bertz CT molecular complexity index is 2060. The van der Waals surface area contributed by atoms with Crippen molar-refractivity contribution < 1.29 is 35.5 Å². The summed E-state index contributed by atoms with van der Waals surface area (Å²) in [5.74, 6) is -6.17.